The number of rotatable bonds is 5. The maximum Gasteiger partial charge on any atom is 0.315 e. The molecule has 1 aliphatic rings. The molecule has 0 spiro atoms. The number of amides is 2. The molecular weight excluding hydrogens is 304 g/mol. The average Bonchev–Trinajstić information content (AvgIpc) is 2.55. The fourth-order valence-electron chi connectivity index (χ4n) is 2.41. The maximum atomic E-state index is 11.6. The number of halogens is 1. The highest BCUT2D eigenvalue weighted by atomic mass is 35.5. The molecule has 0 aromatic carbocycles. The van der Waals surface area contributed by atoms with Gasteiger partial charge in [-0.1, -0.05) is 0 Å². The second-order valence-electron chi connectivity index (χ2n) is 5.18. The Morgan fingerprint density at radius 1 is 1.41 bits per heavy atom. The molecule has 2 amide bonds. The van der Waals surface area contributed by atoms with Gasteiger partial charge in [0.05, 0.1) is 5.56 Å². The van der Waals surface area contributed by atoms with Crippen LogP contribution in [0.4, 0.5) is 4.79 Å². The largest absolute Gasteiger partial charge is 0.474 e. The molecule has 0 atom stereocenters. The quantitative estimate of drug-likeness (QED) is 0.813. The molecule has 0 unspecified atom stereocenters. The highest BCUT2D eigenvalue weighted by molar-refractivity contribution is 6.18. The lowest BCUT2D eigenvalue weighted by atomic mass is 9.93. The molecule has 22 heavy (non-hydrogen) atoms. The van der Waals surface area contributed by atoms with Crippen molar-refractivity contribution >= 4 is 17.6 Å². The second-order valence-corrected chi connectivity index (χ2v) is 5.56. The van der Waals surface area contributed by atoms with E-state index in [9.17, 15) is 4.79 Å². The van der Waals surface area contributed by atoms with E-state index in [4.69, 9.17) is 21.6 Å². The van der Waals surface area contributed by atoms with Gasteiger partial charge in [0.25, 0.3) is 0 Å². The van der Waals surface area contributed by atoms with E-state index in [0.717, 1.165) is 25.7 Å². The van der Waals surface area contributed by atoms with Gasteiger partial charge >= 0.3 is 6.03 Å². The van der Waals surface area contributed by atoms with E-state index in [-0.39, 0.29) is 18.2 Å². The Hall–Kier alpha value is -2.00. The number of nitriles is 1. The Morgan fingerprint density at radius 3 is 2.77 bits per heavy atom. The molecule has 7 heteroatoms. The van der Waals surface area contributed by atoms with E-state index in [0.29, 0.717) is 23.9 Å². The van der Waals surface area contributed by atoms with Crippen LogP contribution in [0.1, 0.15) is 31.2 Å². The van der Waals surface area contributed by atoms with Crippen LogP contribution in [-0.2, 0) is 0 Å². The number of hydrogen-bond donors (Lipinski definition) is 2. The second kappa shape index (κ2) is 8.44. The van der Waals surface area contributed by atoms with E-state index in [1.165, 1.54) is 6.20 Å². The van der Waals surface area contributed by atoms with Crippen molar-refractivity contribution in [2.24, 2.45) is 0 Å². The van der Waals surface area contributed by atoms with Crippen molar-refractivity contribution in [1.82, 2.24) is 15.6 Å². The predicted molar refractivity (Wildman–Crippen MR) is 82.9 cm³/mol. The highest BCUT2D eigenvalue weighted by Crippen LogP contribution is 2.22. The van der Waals surface area contributed by atoms with Gasteiger partial charge in [0.1, 0.15) is 12.2 Å². The summed E-state index contributed by atoms with van der Waals surface area (Å²) in [6, 6.07) is 5.43. The van der Waals surface area contributed by atoms with Gasteiger partial charge in [0, 0.05) is 30.7 Å². The molecule has 0 aliphatic heterocycles. The Morgan fingerprint density at radius 2 is 2.18 bits per heavy atom. The van der Waals surface area contributed by atoms with Gasteiger partial charge in [-0.2, -0.15) is 5.26 Å². The SMILES string of the molecule is N#Cc1ccc(OC2CCC(NC(=O)NCCCl)CC2)nc1. The molecule has 0 bridgehead atoms. The molecule has 1 saturated carbocycles. The first-order valence-corrected chi connectivity index (χ1v) is 7.88. The molecule has 0 radical (unpaired) electrons. The Labute approximate surface area is 134 Å². The summed E-state index contributed by atoms with van der Waals surface area (Å²) in [5.41, 5.74) is 0.517. The molecule has 1 aromatic rings. The monoisotopic (exact) mass is 322 g/mol. The van der Waals surface area contributed by atoms with Crippen LogP contribution in [0.3, 0.4) is 0 Å². The Kier molecular flexibility index (Phi) is 6.28. The molecule has 2 N–H and O–H groups in total. The molecule has 118 valence electrons. The summed E-state index contributed by atoms with van der Waals surface area (Å²) in [4.78, 5) is 15.7. The van der Waals surface area contributed by atoms with Crippen molar-refractivity contribution in [1.29, 1.82) is 5.26 Å². The van der Waals surface area contributed by atoms with Gasteiger partial charge in [-0.15, -0.1) is 11.6 Å². The average molecular weight is 323 g/mol. The fourth-order valence-corrected chi connectivity index (χ4v) is 2.50. The van der Waals surface area contributed by atoms with E-state index in [1.807, 2.05) is 6.07 Å². The number of hydrogen-bond acceptors (Lipinski definition) is 4. The van der Waals surface area contributed by atoms with Crippen LogP contribution >= 0.6 is 11.6 Å². The van der Waals surface area contributed by atoms with Crippen LogP contribution in [-0.4, -0.2) is 35.6 Å². The number of pyridine rings is 1. The van der Waals surface area contributed by atoms with Gasteiger partial charge in [-0.25, -0.2) is 9.78 Å². The Balaban J connectivity index is 1.72. The lowest BCUT2D eigenvalue weighted by molar-refractivity contribution is 0.135. The lowest BCUT2D eigenvalue weighted by Crippen LogP contribution is -2.45. The fraction of sp³-hybridized carbons (Fsp3) is 0.533. The summed E-state index contributed by atoms with van der Waals surface area (Å²) < 4.78 is 5.81. The van der Waals surface area contributed by atoms with Crippen molar-refractivity contribution in [3.05, 3.63) is 23.9 Å². The minimum atomic E-state index is -0.168. The van der Waals surface area contributed by atoms with E-state index < -0.39 is 0 Å². The molecule has 6 nitrogen and oxygen atoms in total. The first kappa shape index (κ1) is 16.4. The van der Waals surface area contributed by atoms with Crippen LogP contribution in [0.25, 0.3) is 0 Å². The first-order valence-electron chi connectivity index (χ1n) is 7.34. The lowest BCUT2D eigenvalue weighted by Gasteiger charge is -2.29. The van der Waals surface area contributed by atoms with Crippen LogP contribution in [0.15, 0.2) is 18.3 Å². The van der Waals surface area contributed by atoms with Gasteiger partial charge < -0.3 is 15.4 Å². The van der Waals surface area contributed by atoms with Crippen LogP contribution in [0.5, 0.6) is 5.88 Å². The van der Waals surface area contributed by atoms with Crippen LogP contribution in [0, 0.1) is 11.3 Å². The third-order valence-corrected chi connectivity index (χ3v) is 3.73. The minimum absolute atomic E-state index is 0.101. The number of carbonyl (C=O) groups is 1. The van der Waals surface area contributed by atoms with Crippen molar-refractivity contribution in [3.63, 3.8) is 0 Å². The van der Waals surface area contributed by atoms with Crippen molar-refractivity contribution < 1.29 is 9.53 Å². The third-order valence-electron chi connectivity index (χ3n) is 3.54. The third kappa shape index (κ3) is 5.08. The number of ether oxygens (including phenoxy) is 1. The van der Waals surface area contributed by atoms with Gasteiger partial charge in [-0.05, 0) is 31.7 Å². The van der Waals surface area contributed by atoms with Crippen LogP contribution in [0.2, 0.25) is 0 Å². The van der Waals surface area contributed by atoms with Gasteiger partial charge in [0.15, 0.2) is 0 Å². The van der Waals surface area contributed by atoms with Gasteiger partial charge in [-0.3, -0.25) is 0 Å². The first-order chi connectivity index (χ1) is 10.7. The predicted octanol–water partition coefficient (Wildman–Crippen LogP) is 2.18. The number of alkyl halides is 1. The standard InChI is InChI=1S/C15H19ClN4O2/c16-7-8-18-15(21)20-12-2-4-13(5-3-12)22-14-6-1-11(9-17)10-19-14/h1,6,10,12-13H,2-5,7-8H2,(H2,18,20,21). The number of nitrogens with zero attached hydrogens (tertiary/aromatic N) is 2. The molecule has 2 rings (SSSR count). The van der Waals surface area contributed by atoms with Crippen LogP contribution < -0.4 is 15.4 Å². The van der Waals surface area contributed by atoms with E-state index in [2.05, 4.69) is 15.6 Å². The number of aromatic nitrogens is 1. The molecule has 1 aliphatic carbocycles. The van der Waals surface area contributed by atoms with Crippen molar-refractivity contribution in [2.45, 2.75) is 37.8 Å². The summed E-state index contributed by atoms with van der Waals surface area (Å²) in [5.74, 6) is 0.946. The topological polar surface area (TPSA) is 87.0 Å². The molecule has 1 heterocycles. The minimum Gasteiger partial charge on any atom is -0.474 e. The number of nitrogens with one attached hydrogen (secondary N) is 2. The summed E-state index contributed by atoms with van der Waals surface area (Å²) >= 11 is 5.52. The molecule has 1 fully saturated rings. The summed E-state index contributed by atoms with van der Waals surface area (Å²) in [6.07, 6.45) is 5.07. The zero-order chi connectivity index (χ0) is 15.8. The van der Waals surface area contributed by atoms with Gasteiger partial charge in [0.2, 0.25) is 5.88 Å². The zero-order valence-corrected chi connectivity index (χ0v) is 13.0. The number of urea groups is 1. The summed E-state index contributed by atoms with van der Waals surface area (Å²) in [5, 5.41) is 14.4. The molecule has 1 aromatic heterocycles. The van der Waals surface area contributed by atoms with Crippen molar-refractivity contribution in [3.8, 4) is 11.9 Å². The highest BCUT2D eigenvalue weighted by Gasteiger charge is 2.23. The number of carbonyl (C=O) groups excluding carboxylic acids is 1. The smallest absolute Gasteiger partial charge is 0.315 e. The maximum absolute atomic E-state index is 11.6. The summed E-state index contributed by atoms with van der Waals surface area (Å²) in [7, 11) is 0. The molecule has 0 saturated heterocycles. The summed E-state index contributed by atoms with van der Waals surface area (Å²) in [6.45, 7) is 0.468. The van der Waals surface area contributed by atoms with E-state index >= 15 is 0 Å². The van der Waals surface area contributed by atoms with E-state index in [1.54, 1.807) is 12.1 Å². The Bertz CT molecular complexity index is 521. The molecular formula is C15H19ClN4O2. The zero-order valence-electron chi connectivity index (χ0n) is 12.2. The van der Waals surface area contributed by atoms with Crippen molar-refractivity contribution in [2.75, 3.05) is 12.4 Å². The normalized spacial score (nSPS) is 20.7.